The summed E-state index contributed by atoms with van der Waals surface area (Å²) < 4.78 is 11.0. The van der Waals surface area contributed by atoms with E-state index in [1.54, 1.807) is 36.8 Å². The number of rotatable bonds is 15. The number of hydrogen-bond acceptors (Lipinski definition) is 13. The summed E-state index contributed by atoms with van der Waals surface area (Å²) in [5.41, 5.74) is 4.28. The first-order chi connectivity index (χ1) is 29.8. The van der Waals surface area contributed by atoms with Crippen molar-refractivity contribution in [2.24, 2.45) is 5.16 Å². The summed E-state index contributed by atoms with van der Waals surface area (Å²) in [4.78, 5) is 62.0. The molecule has 1 fully saturated rings. The lowest BCUT2D eigenvalue weighted by Gasteiger charge is -2.49. The maximum Gasteiger partial charge on any atom is 0.355 e. The minimum absolute atomic E-state index is 0.0307. The Balaban J connectivity index is 1.05. The third-order valence-corrected chi connectivity index (χ3v) is 12.3. The number of ether oxygens (including phenoxy) is 2. The van der Waals surface area contributed by atoms with Gasteiger partial charge in [0.05, 0.1) is 19.0 Å². The molecule has 2 aromatic heterocycles. The molecular weight excluding hydrogens is 811 g/mol. The summed E-state index contributed by atoms with van der Waals surface area (Å²) in [7, 11) is 2.90. The zero-order valence-electron chi connectivity index (χ0n) is 33.1. The summed E-state index contributed by atoms with van der Waals surface area (Å²) in [5, 5.41) is 12.2. The first-order valence-corrected chi connectivity index (χ1v) is 21.0. The van der Waals surface area contributed by atoms with E-state index in [1.165, 1.54) is 53.7 Å². The number of nitrogens with one attached hydrogen (secondary N) is 2. The number of esters is 1. The van der Waals surface area contributed by atoms with Crippen LogP contribution in [0.3, 0.4) is 0 Å². The number of allylic oxidation sites excluding steroid dienone is 1. The highest BCUT2D eigenvalue weighted by Crippen LogP contribution is 2.44. The van der Waals surface area contributed by atoms with Gasteiger partial charge in [-0.3, -0.25) is 24.5 Å². The van der Waals surface area contributed by atoms with Crippen LogP contribution in [-0.2, 0) is 36.1 Å². The average Bonchev–Trinajstić information content (AvgIpc) is 3.79. The Hall–Kier alpha value is -7.10. The third kappa shape index (κ3) is 8.12. The maximum atomic E-state index is 14.1. The molecule has 2 aliphatic heterocycles. The number of thioether (sulfide) groups is 1. The third-order valence-electron chi connectivity index (χ3n) is 10.3. The van der Waals surface area contributed by atoms with Gasteiger partial charge in [0.2, 0.25) is 0 Å². The molecule has 0 saturated carbocycles. The summed E-state index contributed by atoms with van der Waals surface area (Å²) in [6.45, 7) is 4.15. The average molecular weight is 850 g/mol. The lowest BCUT2D eigenvalue weighted by atomic mass is 9.77. The Bertz CT molecular complexity index is 2510. The highest BCUT2D eigenvalue weighted by Gasteiger charge is 2.55. The summed E-state index contributed by atoms with van der Waals surface area (Å²) in [5.74, 6) is -0.980. The Morgan fingerprint density at radius 2 is 1.52 bits per heavy atom. The van der Waals surface area contributed by atoms with Gasteiger partial charge in [-0.1, -0.05) is 115 Å². The summed E-state index contributed by atoms with van der Waals surface area (Å²) >= 11 is 2.67. The van der Waals surface area contributed by atoms with Crippen LogP contribution in [0.15, 0.2) is 162 Å². The lowest BCUT2D eigenvalue weighted by molar-refractivity contribution is -0.153. The van der Waals surface area contributed by atoms with Crippen molar-refractivity contribution >= 4 is 57.3 Å². The number of hydrogen-bond donors (Lipinski definition) is 2. The van der Waals surface area contributed by atoms with Crippen molar-refractivity contribution in [1.82, 2.24) is 25.2 Å². The van der Waals surface area contributed by atoms with Gasteiger partial charge < -0.3 is 24.9 Å². The van der Waals surface area contributed by atoms with E-state index >= 15 is 0 Å². The molecule has 0 spiro atoms. The molecule has 2 N–H and O–H groups in total. The van der Waals surface area contributed by atoms with Crippen LogP contribution in [-0.4, -0.2) is 74.7 Å². The predicted octanol–water partition coefficient (Wildman–Crippen LogP) is 6.81. The molecule has 8 rings (SSSR count). The van der Waals surface area contributed by atoms with E-state index in [0.29, 0.717) is 27.7 Å². The lowest BCUT2D eigenvalue weighted by Crippen LogP contribution is -2.71. The van der Waals surface area contributed by atoms with Gasteiger partial charge in [0.1, 0.15) is 47.8 Å². The standard InChI is InChI=1S/C46H39N7O6S2/c1-29(36-25-47-23-24-48-36)35-27-60-43-39(42(55)53(43)40(35)44(56)59-26-30-19-21-34(57-2)22-20-30)50-41(54)38(52-58-3)37-28-61-45(49-37)51-46(31-13-7-4-8-14-31,32-15-9-5-10-16-32)33-17-11-6-12-18-33/h4-25,28,39,43H,1,26-27H2,2-3H3,(H,49,51)(H,50,54)/b52-38-/t39-,43+/m1/s1. The van der Waals surface area contributed by atoms with Gasteiger partial charge in [0, 0.05) is 34.7 Å². The number of carbonyl (C=O) groups excluding carboxylic acids is 3. The van der Waals surface area contributed by atoms with Crippen molar-refractivity contribution in [2.75, 3.05) is 25.3 Å². The van der Waals surface area contributed by atoms with Gasteiger partial charge >= 0.3 is 5.97 Å². The molecule has 0 unspecified atom stereocenters. The molecule has 61 heavy (non-hydrogen) atoms. The van der Waals surface area contributed by atoms with Crippen molar-refractivity contribution in [3.05, 3.63) is 191 Å². The molecule has 2 atom stereocenters. The van der Waals surface area contributed by atoms with Crippen LogP contribution in [0.5, 0.6) is 5.75 Å². The maximum absolute atomic E-state index is 14.1. The quantitative estimate of drug-likeness (QED) is 0.0368. The van der Waals surface area contributed by atoms with E-state index in [0.717, 1.165) is 22.3 Å². The number of carbonyl (C=O) groups is 3. The van der Waals surface area contributed by atoms with Crippen molar-refractivity contribution in [3.8, 4) is 5.75 Å². The van der Waals surface area contributed by atoms with E-state index in [-0.39, 0.29) is 29.5 Å². The molecular formula is C46H39N7O6S2. The number of β-lactam (4-membered cyclic amide) rings is 1. The number of methoxy groups -OCH3 is 1. The number of oxime groups is 1. The molecule has 4 aromatic carbocycles. The van der Waals surface area contributed by atoms with E-state index in [1.807, 2.05) is 54.6 Å². The molecule has 13 nitrogen and oxygen atoms in total. The van der Waals surface area contributed by atoms with Gasteiger partial charge in [0.15, 0.2) is 10.8 Å². The minimum atomic E-state index is -1.01. The van der Waals surface area contributed by atoms with Crippen LogP contribution in [0, 0.1) is 0 Å². The van der Waals surface area contributed by atoms with Crippen LogP contribution in [0.2, 0.25) is 0 Å². The molecule has 1 saturated heterocycles. The first kappa shape index (κ1) is 40.7. The molecule has 0 aliphatic carbocycles. The van der Waals surface area contributed by atoms with Crippen molar-refractivity contribution in [1.29, 1.82) is 0 Å². The van der Waals surface area contributed by atoms with Gasteiger partial charge in [-0.15, -0.1) is 23.1 Å². The topological polar surface area (TPSA) is 157 Å². The Morgan fingerprint density at radius 3 is 2.10 bits per heavy atom. The Labute approximate surface area is 360 Å². The Kier molecular flexibility index (Phi) is 12.0. The van der Waals surface area contributed by atoms with E-state index in [4.69, 9.17) is 19.3 Å². The number of benzene rings is 4. The normalized spacial score (nSPS) is 16.2. The molecule has 0 bridgehead atoms. The molecule has 2 aliphatic rings. The summed E-state index contributed by atoms with van der Waals surface area (Å²) in [6.07, 6.45) is 4.59. The van der Waals surface area contributed by atoms with E-state index in [2.05, 4.69) is 68.7 Å². The fourth-order valence-corrected chi connectivity index (χ4v) is 9.41. The van der Waals surface area contributed by atoms with Crippen LogP contribution in [0.25, 0.3) is 5.57 Å². The van der Waals surface area contributed by atoms with Crippen LogP contribution >= 0.6 is 23.1 Å². The van der Waals surface area contributed by atoms with Gasteiger partial charge in [0.25, 0.3) is 11.8 Å². The summed E-state index contributed by atoms with van der Waals surface area (Å²) in [6, 6.07) is 36.3. The number of amides is 2. The second-order valence-corrected chi connectivity index (χ2v) is 15.8. The second-order valence-electron chi connectivity index (χ2n) is 13.8. The van der Waals surface area contributed by atoms with Gasteiger partial charge in [-0.25, -0.2) is 9.78 Å². The fraction of sp³-hybridized carbons (Fsp3) is 0.152. The number of thiazole rings is 1. The number of aromatic nitrogens is 3. The molecule has 306 valence electrons. The van der Waals surface area contributed by atoms with Crippen LogP contribution < -0.4 is 15.4 Å². The highest BCUT2D eigenvalue weighted by molar-refractivity contribution is 8.00. The minimum Gasteiger partial charge on any atom is -0.497 e. The molecule has 4 heterocycles. The molecule has 2 amide bonds. The molecule has 0 radical (unpaired) electrons. The van der Waals surface area contributed by atoms with E-state index < -0.39 is 34.7 Å². The first-order valence-electron chi connectivity index (χ1n) is 19.1. The van der Waals surface area contributed by atoms with Gasteiger partial charge in [-0.2, -0.15) is 0 Å². The SMILES string of the molecule is C=C(C1=C(C(=O)OCc2ccc(OC)cc2)N2C(=O)[C@@H](NC(=O)/C(=N\OC)c3csc(NC(c4ccccc4)(c4ccccc4)c4ccccc4)n3)[C@@H]2SC1)c1cnccn1. The Morgan fingerprint density at radius 1 is 0.885 bits per heavy atom. The number of fused-ring (bicyclic) bond motifs is 1. The molecule has 6 aromatic rings. The fourth-order valence-electron chi connectivity index (χ4n) is 7.27. The zero-order valence-corrected chi connectivity index (χ0v) is 34.7. The van der Waals surface area contributed by atoms with Crippen molar-refractivity contribution in [2.45, 2.75) is 23.6 Å². The predicted molar refractivity (Wildman–Crippen MR) is 234 cm³/mol. The van der Waals surface area contributed by atoms with Crippen molar-refractivity contribution in [3.63, 3.8) is 0 Å². The van der Waals surface area contributed by atoms with E-state index in [9.17, 15) is 14.4 Å². The number of nitrogens with zero attached hydrogens (tertiary/aromatic N) is 5. The highest BCUT2D eigenvalue weighted by atomic mass is 32.2. The molecule has 15 heteroatoms. The largest absolute Gasteiger partial charge is 0.497 e. The second kappa shape index (κ2) is 18.0. The van der Waals surface area contributed by atoms with Crippen LogP contribution in [0.4, 0.5) is 5.13 Å². The smallest absolute Gasteiger partial charge is 0.355 e. The van der Waals surface area contributed by atoms with Crippen molar-refractivity contribution < 1.29 is 28.7 Å². The number of anilines is 1. The monoisotopic (exact) mass is 849 g/mol. The zero-order chi connectivity index (χ0) is 42.3. The van der Waals surface area contributed by atoms with Gasteiger partial charge in [-0.05, 0) is 34.4 Å². The van der Waals surface area contributed by atoms with Crippen LogP contribution in [0.1, 0.15) is 33.6 Å².